The minimum Gasteiger partial charge on any atom is -0.352 e. The number of aryl methyl sites for hydroxylation is 1. The van der Waals surface area contributed by atoms with E-state index in [-0.39, 0.29) is 11.9 Å². The highest BCUT2D eigenvalue weighted by Gasteiger charge is 2.27. The van der Waals surface area contributed by atoms with Gasteiger partial charge in [0.15, 0.2) is 17.0 Å². The van der Waals surface area contributed by atoms with E-state index >= 15 is 0 Å². The molecule has 136 valence electrons. The van der Waals surface area contributed by atoms with Gasteiger partial charge in [0, 0.05) is 50.5 Å². The third-order valence-electron chi connectivity index (χ3n) is 5.02. The molecule has 4 heterocycles. The lowest BCUT2D eigenvalue weighted by Gasteiger charge is -2.40. The van der Waals surface area contributed by atoms with Crippen molar-refractivity contribution in [2.24, 2.45) is 0 Å². The summed E-state index contributed by atoms with van der Waals surface area (Å²) in [6.07, 6.45) is 6.34. The van der Waals surface area contributed by atoms with Gasteiger partial charge in [-0.2, -0.15) is 0 Å². The smallest absolute Gasteiger partial charge is 0.165 e. The van der Waals surface area contributed by atoms with Gasteiger partial charge in [0.25, 0.3) is 0 Å². The zero-order valence-electron chi connectivity index (χ0n) is 15.0. The van der Waals surface area contributed by atoms with Crippen LogP contribution in [0.5, 0.6) is 0 Å². The van der Waals surface area contributed by atoms with Gasteiger partial charge in [0.05, 0.1) is 12.5 Å². The van der Waals surface area contributed by atoms with Crippen LogP contribution in [-0.4, -0.2) is 55.1 Å². The van der Waals surface area contributed by atoms with Gasteiger partial charge in [-0.25, -0.2) is 19.3 Å². The summed E-state index contributed by atoms with van der Waals surface area (Å²) >= 11 is 0. The van der Waals surface area contributed by atoms with Crippen molar-refractivity contribution in [1.29, 1.82) is 0 Å². The predicted molar refractivity (Wildman–Crippen MR) is 97.3 cm³/mol. The molecular weight excluding hydrogens is 333 g/mol. The van der Waals surface area contributed by atoms with Crippen LogP contribution in [0.2, 0.25) is 0 Å². The summed E-state index contributed by atoms with van der Waals surface area (Å²) in [5.41, 5.74) is 2.40. The van der Waals surface area contributed by atoms with Crippen LogP contribution < -0.4 is 4.90 Å². The Morgan fingerprint density at radius 3 is 2.88 bits per heavy atom. The van der Waals surface area contributed by atoms with Gasteiger partial charge in [-0.15, -0.1) is 0 Å². The Morgan fingerprint density at radius 2 is 2.12 bits per heavy atom. The molecule has 1 atom stereocenters. The van der Waals surface area contributed by atoms with Gasteiger partial charge >= 0.3 is 0 Å². The van der Waals surface area contributed by atoms with Gasteiger partial charge in [-0.1, -0.05) is 0 Å². The molecule has 1 fully saturated rings. The number of pyridine rings is 1. The molecule has 1 aliphatic heterocycles. The number of anilines is 1. The van der Waals surface area contributed by atoms with Gasteiger partial charge in [0.1, 0.15) is 12.1 Å². The van der Waals surface area contributed by atoms with Crippen molar-refractivity contribution in [3.8, 4) is 0 Å². The minimum absolute atomic E-state index is 0.246. The Bertz CT molecular complexity index is 909. The average molecular weight is 355 g/mol. The van der Waals surface area contributed by atoms with Crippen molar-refractivity contribution in [3.63, 3.8) is 0 Å². The van der Waals surface area contributed by atoms with Crippen LogP contribution in [0.4, 0.5) is 10.2 Å². The number of piperazine rings is 1. The normalized spacial score (nSPS) is 18.6. The summed E-state index contributed by atoms with van der Waals surface area (Å²) in [5.74, 6) is 0.633. The molecule has 0 bridgehead atoms. The van der Waals surface area contributed by atoms with Crippen LogP contribution >= 0.6 is 0 Å². The number of hydrogen-bond acceptors (Lipinski definition) is 6. The molecule has 0 amide bonds. The summed E-state index contributed by atoms with van der Waals surface area (Å²) in [6.45, 7) is 8.13. The van der Waals surface area contributed by atoms with Crippen molar-refractivity contribution in [1.82, 2.24) is 29.4 Å². The van der Waals surface area contributed by atoms with Crippen LogP contribution in [-0.2, 0) is 13.1 Å². The van der Waals surface area contributed by atoms with Crippen LogP contribution in [0.1, 0.15) is 19.4 Å². The van der Waals surface area contributed by atoms with E-state index in [4.69, 9.17) is 0 Å². The van der Waals surface area contributed by atoms with Crippen molar-refractivity contribution >= 4 is 17.0 Å². The first-order chi connectivity index (χ1) is 12.7. The fourth-order valence-corrected chi connectivity index (χ4v) is 3.50. The first kappa shape index (κ1) is 16.8. The van der Waals surface area contributed by atoms with Crippen molar-refractivity contribution in [2.45, 2.75) is 33.0 Å². The lowest BCUT2D eigenvalue weighted by atomic mass is 10.1. The highest BCUT2D eigenvalue weighted by atomic mass is 19.1. The van der Waals surface area contributed by atoms with E-state index in [2.05, 4.69) is 43.6 Å². The molecular formula is C18H22FN7. The summed E-state index contributed by atoms with van der Waals surface area (Å²) in [7, 11) is 0. The summed E-state index contributed by atoms with van der Waals surface area (Å²) < 4.78 is 15.9. The Morgan fingerprint density at radius 1 is 1.23 bits per heavy atom. The maximum absolute atomic E-state index is 13.9. The van der Waals surface area contributed by atoms with Crippen LogP contribution in [0.3, 0.4) is 0 Å². The summed E-state index contributed by atoms with van der Waals surface area (Å²) in [4.78, 5) is 21.7. The predicted octanol–water partition coefficient (Wildman–Crippen LogP) is 2.09. The zero-order valence-corrected chi connectivity index (χ0v) is 15.0. The second-order valence-corrected chi connectivity index (χ2v) is 6.63. The maximum Gasteiger partial charge on any atom is 0.165 e. The largest absolute Gasteiger partial charge is 0.352 e. The van der Waals surface area contributed by atoms with Gasteiger partial charge in [-0.05, 0) is 19.9 Å². The Labute approximate surface area is 151 Å². The third-order valence-corrected chi connectivity index (χ3v) is 5.02. The van der Waals surface area contributed by atoms with E-state index in [9.17, 15) is 4.39 Å². The van der Waals surface area contributed by atoms with E-state index in [1.165, 1.54) is 6.20 Å². The molecule has 3 aromatic rings. The molecule has 8 heteroatoms. The quantitative estimate of drug-likeness (QED) is 0.714. The Hall–Kier alpha value is -2.61. The topological polar surface area (TPSA) is 63.0 Å². The lowest BCUT2D eigenvalue weighted by Crippen LogP contribution is -2.51. The number of nitrogens with zero attached hydrogens (tertiary/aromatic N) is 7. The summed E-state index contributed by atoms with van der Waals surface area (Å²) in [5, 5.41) is 0. The Kier molecular flexibility index (Phi) is 4.50. The highest BCUT2D eigenvalue weighted by molar-refractivity contribution is 5.83. The molecule has 0 N–H and O–H groups in total. The molecule has 0 spiro atoms. The first-order valence-corrected chi connectivity index (χ1v) is 8.90. The fourth-order valence-electron chi connectivity index (χ4n) is 3.50. The molecule has 1 saturated heterocycles. The molecule has 0 saturated carbocycles. The van der Waals surface area contributed by atoms with E-state index in [1.807, 2.05) is 10.9 Å². The molecule has 1 aliphatic rings. The second-order valence-electron chi connectivity index (χ2n) is 6.63. The van der Waals surface area contributed by atoms with Crippen LogP contribution in [0.25, 0.3) is 11.2 Å². The molecule has 4 rings (SSSR count). The monoisotopic (exact) mass is 355 g/mol. The van der Waals surface area contributed by atoms with Gasteiger partial charge in [0.2, 0.25) is 0 Å². The van der Waals surface area contributed by atoms with Crippen LogP contribution in [0.15, 0.2) is 31.1 Å². The maximum atomic E-state index is 13.9. The number of hydrogen-bond donors (Lipinski definition) is 0. The standard InChI is InChI=1S/C18H22FN7/c1-3-24-12-23-16-17(24)21-11-22-18(16)26-7-6-25(13(2)9-26)10-14-4-5-20-8-15(14)19/h4-5,8,11-13H,3,6-7,9-10H2,1-2H3. The minimum atomic E-state index is -0.246. The molecule has 0 radical (unpaired) electrons. The van der Waals surface area contributed by atoms with Crippen molar-refractivity contribution in [2.75, 3.05) is 24.5 Å². The molecule has 0 aromatic carbocycles. The second kappa shape index (κ2) is 6.95. The first-order valence-electron chi connectivity index (χ1n) is 8.90. The number of aromatic nitrogens is 5. The molecule has 1 unspecified atom stereocenters. The molecule has 7 nitrogen and oxygen atoms in total. The van der Waals surface area contributed by atoms with E-state index in [0.29, 0.717) is 12.1 Å². The number of rotatable bonds is 4. The lowest BCUT2D eigenvalue weighted by molar-refractivity contribution is 0.178. The van der Waals surface area contributed by atoms with Gasteiger partial charge in [-0.3, -0.25) is 9.88 Å². The number of halogens is 1. The van der Waals surface area contributed by atoms with E-state index in [1.54, 1.807) is 18.6 Å². The highest BCUT2D eigenvalue weighted by Crippen LogP contribution is 2.25. The van der Waals surface area contributed by atoms with E-state index < -0.39 is 0 Å². The molecule has 26 heavy (non-hydrogen) atoms. The average Bonchev–Trinajstić information content (AvgIpc) is 3.08. The van der Waals surface area contributed by atoms with Gasteiger partial charge < -0.3 is 9.47 Å². The van der Waals surface area contributed by atoms with E-state index in [0.717, 1.165) is 43.2 Å². The fraction of sp³-hybridized carbons (Fsp3) is 0.444. The molecule has 0 aliphatic carbocycles. The van der Waals surface area contributed by atoms with Crippen molar-refractivity contribution < 1.29 is 4.39 Å². The van der Waals surface area contributed by atoms with Crippen LogP contribution in [0, 0.1) is 5.82 Å². The molecule has 3 aromatic heterocycles. The zero-order chi connectivity index (χ0) is 18.1. The summed E-state index contributed by atoms with van der Waals surface area (Å²) in [6, 6.07) is 2.02. The Balaban J connectivity index is 1.52. The third kappa shape index (κ3) is 3.01. The number of imidazole rings is 1. The number of fused-ring (bicyclic) bond motifs is 1. The SMILES string of the molecule is CCn1cnc2c(N3CCN(Cc4ccncc4F)C(C)C3)ncnc21. The van der Waals surface area contributed by atoms with Crippen molar-refractivity contribution in [3.05, 3.63) is 42.5 Å².